The number of para-hydroxylation sites is 1. The van der Waals surface area contributed by atoms with Crippen LogP contribution < -0.4 is 4.72 Å². The fourth-order valence-electron chi connectivity index (χ4n) is 2.10. The van der Waals surface area contributed by atoms with E-state index in [9.17, 15) is 8.42 Å². The molecule has 0 unspecified atom stereocenters. The average Bonchev–Trinajstić information content (AvgIpc) is 3.00. The summed E-state index contributed by atoms with van der Waals surface area (Å²) in [6, 6.07) is 7.53. The molecule has 0 aliphatic carbocycles. The van der Waals surface area contributed by atoms with Gasteiger partial charge in [0.15, 0.2) is 5.13 Å². The molecular weight excluding hydrogens is 308 g/mol. The molecule has 0 aliphatic rings. The van der Waals surface area contributed by atoms with Crippen LogP contribution >= 0.6 is 11.3 Å². The number of benzene rings is 1. The molecule has 0 amide bonds. The molecule has 110 valence electrons. The lowest BCUT2D eigenvalue weighted by Gasteiger charge is -2.04. The van der Waals surface area contributed by atoms with Gasteiger partial charge >= 0.3 is 0 Å². The molecule has 3 rings (SSSR count). The molecule has 0 aliphatic heterocycles. The minimum Gasteiger partial charge on any atom is -0.269 e. The number of sulfonamides is 1. The summed E-state index contributed by atoms with van der Waals surface area (Å²) in [6.45, 7) is 4.28. The topological polar surface area (TPSA) is 76.9 Å². The molecule has 0 bridgehead atoms. The Labute approximate surface area is 126 Å². The first-order valence-corrected chi connectivity index (χ1v) is 8.72. The monoisotopic (exact) mass is 322 g/mol. The number of thiazole rings is 1. The molecule has 1 aromatic carbocycles. The Morgan fingerprint density at radius 1 is 1.33 bits per heavy atom. The highest BCUT2D eigenvalue weighted by Gasteiger charge is 2.22. The van der Waals surface area contributed by atoms with Crippen LogP contribution in [0.25, 0.3) is 10.2 Å². The van der Waals surface area contributed by atoms with Crippen LogP contribution in [-0.4, -0.2) is 23.2 Å². The highest BCUT2D eigenvalue weighted by atomic mass is 32.2. The van der Waals surface area contributed by atoms with E-state index in [1.807, 2.05) is 31.2 Å². The van der Waals surface area contributed by atoms with E-state index in [0.29, 0.717) is 17.4 Å². The average molecular weight is 322 g/mol. The summed E-state index contributed by atoms with van der Waals surface area (Å²) >= 11 is 1.31. The Morgan fingerprint density at radius 2 is 2.10 bits per heavy atom. The Balaban J connectivity index is 1.97. The van der Waals surface area contributed by atoms with Crippen LogP contribution in [0.2, 0.25) is 0 Å². The van der Waals surface area contributed by atoms with Crippen molar-refractivity contribution in [1.82, 2.24) is 14.8 Å². The third-order valence-electron chi connectivity index (χ3n) is 3.16. The lowest BCUT2D eigenvalue weighted by molar-refractivity contribution is 0.598. The van der Waals surface area contributed by atoms with Gasteiger partial charge in [0.2, 0.25) is 0 Å². The summed E-state index contributed by atoms with van der Waals surface area (Å²) in [5, 5.41) is 4.43. The first-order chi connectivity index (χ1) is 10.0. The zero-order valence-electron chi connectivity index (χ0n) is 11.6. The Hall–Kier alpha value is -1.93. The maximum atomic E-state index is 12.4. The van der Waals surface area contributed by atoms with Crippen molar-refractivity contribution in [2.75, 3.05) is 4.72 Å². The molecule has 0 atom stereocenters. The van der Waals surface area contributed by atoms with Crippen molar-refractivity contribution in [3.63, 3.8) is 0 Å². The summed E-state index contributed by atoms with van der Waals surface area (Å²) < 4.78 is 30.0. The number of rotatable bonds is 4. The third kappa shape index (κ3) is 2.52. The van der Waals surface area contributed by atoms with Crippen LogP contribution in [0.1, 0.15) is 12.6 Å². The van der Waals surface area contributed by atoms with E-state index < -0.39 is 10.0 Å². The standard InChI is InChI=1S/C13H14N4O2S2/c1-3-17-9(2)12(8-14-17)21(18,19)16-13-15-10-6-4-5-7-11(10)20-13/h4-8H,3H2,1-2H3,(H,15,16). The number of nitrogens with zero attached hydrogens (tertiary/aromatic N) is 3. The fraction of sp³-hybridized carbons (Fsp3) is 0.231. The predicted octanol–water partition coefficient (Wildman–Crippen LogP) is 2.62. The number of anilines is 1. The summed E-state index contributed by atoms with van der Waals surface area (Å²) in [5.41, 5.74) is 1.40. The summed E-state index contributed by atoms with van der Waals surface area (Å²) in [6.07, 6.45) is 1.37. The minimum atomic E-state index is -3.67. The maximum Gasteiger partial charge on any atom is 0.267 e. The zero-order valence-corrected chi connectivity index (χ0v) is 13.2. The quantitative estimate of drug-likeness (QED) is 0.801. The molecule has 0 saturated heterocycles. The van der Waals surface area contributed by atoms with Gasteiger partial charge in [0.1, 0.15) is 4.90 Å². The first-order valence-electron chi connectivity index (χ1n) is 6.42. The van der Waals surface area contributed by atoms with Crippen LogP contribution in [-0.2, 0) is 16.6 Å². The van der Waals surface area contributed by atoms with Gasteiger partial charge in [-0.15, -0.1) is 0 Å². The number of aryl methyl sites for hydroxylation is 1. The van der Waals surface area contributed by atoms with E-state index in [2.05, 4.69) is 14.8 Å². The first kappa shape index (κ1) is 14.0. The van der Waals surface area contributed by atoms with Gasteiger partial charge in [-0.1, -0.05) is 23.5 Å². The molecular formula is C13H14N4O2S2. The number of hydrogen-bond donors (Lipinski definition) is 1. The molecule has 8 heteroatoms. The smallest absolute Gasteiger partial charge is 0.267 e. The van der Waals surface area contributed by atoms with E-state index in [1.54, 1.807) is 11.6 Å². The number of nitrogens with one attached hydrogen (secondary N) is 1. The normalized spacial score (nSPS) is 11.9. The lowest BCUT2D eigenvalue weighted by Crippen LogP contribution is -2.13. The van der Waals surface area contributed by atoms with Crippen LogP contribution in [0, 0.1) is 6.92 Å². The van der Waals surface area contributed by atoms with Crippen molar-refractivity contribution in [2.24, 2.45) is 0 Å². The number of hydrogen-bond acceptors (Lipinski definition) is 5. The molecule has 6 nitrogen and oxygen atoms in total. The third-order valence-corrected chi connectivity index (χ3v) is 5.69. The van der Waals surface area contributed by atoms with Crippen LogP contribution in [0.15, 0.2) is 35.4 Å². The summed E-state index contributed by atoms with van der Waals surface area (Å²) in [5.74, 6) is 0. The fourth-order valence-corrected chi connectivity index (χ4v) is 4.38. The molecule has 0 radical (unpaired) electrons. The Kier molecular flexibility index (Phi) is 3.42. The van der Waals surface area contributed by atoms with Crippen LogP contribution in [0.4, 0.5) is 5.13 Å². The van der Waals surface area contributed by atoms with E-state index >= 15 is 0 Å². The van der Waals surface area contributed by atoms with Gasteiger partial charge in [-0.2, -0.15) is 5.10 Å². The second kappa shape index (κ2) is 5.12. The second-order valence-corrected chi connectivity index (χ2v) is 7.18. The lowest BCUT2D eigenvalue weighted by atomic mass is 10.3. The Morgan fingerprint density at radius 3 is 2.76 bits per heavy atom. The number of aromatic nitrogens is 3. The van der Waals surface area contributed by atoms with Crippen molar-refractivity contribution in [2.45, 2.75) is 25.3 Å². The van der Waals surface area contributed by atoms with Crippen LogP contribution in [0.5, 0.6) is 0 Å². The van der Waals surface area contributed by atoms with Crippen molar-refractivity contribution in [1.29, 1.82) is 0 Å². The summed E-state index contributed by atoms with van der Waals surface area (Å²) in [4.78, 5) is 4.46. The van der Waals surface area contributed by atoms with Gasteiger partial charge in [-0.05, 0) is 26.0 Å². The van der Waals surface area contributed by atoms with Gasteiger partial charge in [-0.3, -0.25) is 9.40 Å². The SMILES string of the molecule is CCn1ncc(S(=O)(=O)Nc2nc3ccccc3s2)c1C. The molecule has 0 saturated carbocycles. The van der Waals surface area contributed by atoms with Gasteiger partial charge in [0, 0.05) is 6.54 Å². The molecule has 3 aromatic rings. The number of fused-ring (bicyclic) bond motifs is 1. The second-order valence-electron chi connectivity index (χ2n) is 4.50. The van der Waals surface area contributed by atoms with E-state index in [1.165, 1.54) is 17.5 Å². The highest BCUT2D eigenvalue weighted by molar-refractivity contribution is 7.93. The zero-order chi connectivity index (χ0) is 15.0. The Bertz CT molecular complexity index is 863. The van der Waals surface area contributed by atoms with Gasteiger partial charge in [0.25, 0.3) is 10.0 Å². The van der Waals surface area contributed by atoms with Crippen LogP contribution in [0.3, 0.4) is 0 Å². The van der Waals surface area contributed by atoms with Crippen molar-refractivity contribution in [3.05, 3.63) is 36.2 Å². The molecule has 1 N–H and O–H groups in total. The predicted molar refractivity (Wildman–Crippen MR) is 83.1 cm³/mol. The van der Waals surface area contributed by atoms with Gasteiger partial charge in [-0.25, -0.2) is 13.4 Å². The molecule has 21 heavy (non-hydrogen) atoms. The largest absolute Gasteiger partial charge is 0.269 e. The van der Waals surface area contributed by atoms with Crippen molar-refractivity contribution < 1.29 is 8.42 Å². The van der Waals surface area contributed by atoms with Crippen molar-refractivity contribution in [3.8, 4) is 0 Å². The van der Waals surface area contributed by atoms with E-state index in [-0.39, 0.29) is 4.90 Å². The van der Waals surface area contributed by atoms with Crippen molar-refractivity contribution >= 4 is 36.7 Å². The van der Waals surface area contributed by atoms with E-state index in [4.69, 9.17) is 0 Å². The molecule has 0 spiro atoms. The minimum absolute atomic E-state index is 0.184. The maximum absolute atomic E-state index is 12.4. The van der Waals surface area contributed by atoms with E-state index in [0.717, 1.165) is 10.2 Å². The molecule has 2 aromatic heterocycles. The highest BCUT2D eigenvalue weighted by Crippen LogP contribution is 2.27. The van der Waals surface area contributed by atoms with Gasteiger partial charge in [0.05, 0.1) is 22.1 Å². The summed E-state index contributed by atoms with van der Waals surface area (Å²) in [7, 11) is -3.67. The molecule has 0 fully saturated rings. The van der Waals surface area contributed by atoms with Gasteiger partial charge < -0.3 is 0 Å². The molecule has 2 heterocycles.